The van der Waals surface area contributed by atoms with Crippen molar-refractivity contribution in [3.63, 3.8) is 0 Å². The molecule has 24 heavy (non-hydrogen) atoms. The summed E-state index contributed by atoms with van der Waals surface area (Å²) in [6.45, 7) is 4.70. The zero-order chi connectivity index (χ0) is 16.6. The second-order valence-corrected chi connectivity index (χ2v) is 9.84. The molecule has 7 atom stereocenters. The highest BCUT2D eigenvalue weighted by Crippen LogP contribution is 2.74. The molecule has 0 radical (unpaired) electrons. The van der Waals surface area contributed by atoms with Gasteiger partial charge in [0.25, 0.3) is 0 Å². The third-order valence-electron chi connectivity index (χ3n) is 8.67. The SMILES string of the molecule is CCCCCCC1CC2CC1(CCCCCC)C1C3C=CC(C3)C21. The van der Waals surface area contributed by atoms with Crippen LogP contribution in [0, 0.1) is 40.9 Å². The zero-order valence-corrected chi connectivity index (χ0v) is 16.3. The second kappa shape index (κ2) is 7.16. The summed E-state index contributed by atoms with van der Waals surface area (Å²) in [4.78, 5) is 0. The number of unbranched alkanes of at least 4 members (excludes halogenated alkanes) is 6. The van der Waals surface area contributed by atoms with Gasteiger partial charge in [0.05, 0.1) is 0 Å². The summed E-state index contributed by atoms with van der Waals surface area (Å²) in [5.74, 6) is 6.38. The molecular weight excluding hydrogens is 288 g/mol. The molecule has 0 spiro atoms. The van der Waals surface area contributed by atoms with E-state index < -0.39 is 0 Å². The Morgan fingerprint density at radius 2 is 1.58 bits per heavy atom. The van der Waals surface area contributed by atoms with Crippen molar-refractivity contribution in [1.82, 2.24) is 0 Å². The molecule has 0 heteroatoms. The lowest BCUT2D eigenvalue weighted by Crippen LogP contribution is -2.40. The average Bonchev–Trinajstić information content (AvgIpc) is 3.33. The van der Waals surface area contributed by atoms with E-state index in [4.69, 9.17) is 0 Å². The highest BCUT2D eigenvalue weighted by Gasteiger charge is 2.67. The van der Waals surface area contributed by atoms with Gasteiger partial charge in [-0.05, 0) is 73.0 Å². The van der Waals surface area contributed by atoms with Gasteiger partial charge in [-0.15, -0.1) is 0 Å². The number of hydrogen-bond acceptors (Lipinski definition) is 0. The summed E-state index contributed by atoms with van der Waals surface area (Å²) in [6, 6.07) is 0. The highest BCUT2D eigenvalue weighted by molar-refractivity contribution is 5.24. The van der Waals surface area contributed by atoms with E-state index >= 15 is 0 Å². The zero-order valence-electron chi connectivity index (χ0n) is 16.3. The molecule has 0 aromatic heterocycles. The number of fused-ring (bicyclic) bond motifs is 9. The van der Waals surface area contributed by atoms with Crippen LogP contribution in [0.25, 0.3) is 0 Å². The van der Waals surface area contributed by atoms with Crippen molar-refractivity contribution >= 4 is 0 Å². The maximum atomic E-state index is 2.65. The lowest BCUT2D eigenvalue weighted by Gasteiger charge is -2.46. The fourth-order valence-corrected chi connectivity index (χ4v) is 7.93. The van der Waals surface area contributed by atoms with Gasteiger partial charge in [0.1, 0.15) is 0 Å². The van der Waals surface area contributed by atoms with Gasteiger partial charge in [0.15, 0.2) is 0 Å². The first-order valence-corrected chi connectivity index (χ1v) is 11.5. The molecular formula is C24H40. The molecule has 7 unspecified atom stereocenters. The molecule has 0 amide bonds. The van der Waals surface area contributed by atoms with Crippen molar-refractivity contribution in [3.05, 3.63) is 12.2 Å². The molecule has 136 valence electrons. The van der Waals surface area contributed by atoms with Gasteiger partial charge in [-0.25, -0.2) is 0 Å². The molecule has 0 N–H and O–H groups in total. The van der Waals surface area contributed by atoms with E-state index in [0.717, 1.165) is 40.9 Å². The van der Waals surface area contributed by atoms with E-state index in [9.17, 15) is 0 Å². The Bertz CT molecular complexity index is 449. The third kappa shape index (κ3) is 2.71. The van der Waals surface area contributed by atoms with Crippen LogP contribution in [-0.2, 0) is 0 Å². The van der Waals surface area contributed by atoms with Crippen LogP contribution in [0.4, 0.5) is 0 Å². The normalized spacial score (nSPS) is 44.6. The summed E-state index contributed by atoms with van der Waals surface area (Å²) in [5, 5.41) is 0. The van der Waals surface area contributed by atoms with Crippen molar-refractivity contribution in [3.8, 4) is 0 Å². The predicted molar refractivity (Wildman–Crippen MR) is 104 cm³/mol. The first-order chi connectivity index (χ1) is 11.8. The van der Waals surface area contributed by atoms with Gasteiger partial charge >= 0.3 is 0 Å². The van der Waals surface area contributed by atoms with Crippen molar-refractivity contribution in [2.75, 3.05) is 0 Å². The molecule has 4 rings (SSSR count). The quantitative estimate of drug-likeness (QED) is 0.223. The Kier molecular flexibility index (Phi) is 5.12. The summed E-state index contributed by atoms with van der Waals surface area (Å²) in [7, 11) is 0. The van der Waals surface area contributed by atoms with Crippen molar-refractivity contribution in [1.29, 1.82) is 0 Å². The van der Waals surface area contributed by atoms with Crippen LogP contribution in [0.2, 0.25) is 0 Å². The van der Waals surface area contributed by atoms with Crippen molar-refractivity contribution in [2.24, 2.45) is 40.9 Å². The van der Waals surface area contributed by atoms with Gasteiger partial charge in [0, 0.05) is 0 Å². The monoisotopic (exact) mass is 328 g/mol. The summed E-state index contributed by atoms with van der Waals surface area (Å²) in [6.07, 6.45) is 24.9. The third-order valence-corrected chi connectivity index (χ3v) is 8.67. The Morgan fingerprint density at radius 1 is 0.833 bits per heavy atom. The molecule has 0 aliphatic heterocycles. The summed E-state index contributed by atoms with van der Waals surface area (Å²) in [5.41, 5.74) is 0.777. The first kappa shape index (κ1) is 17.2. The fraction of sp³-hybridized carbons (Fsp3) is 0.917. The van der Waals surface area contributed by atoms with Gasteiger partial charge in [-0.3, -0.25) is 0 Å². The van der Waals surface area contributed by atoms with Gasteiger partial charge in [0.2, 0.25) is 0 Å². The minimum absolute atomic E-state index is 0.777. The van der Waals surface area contributed by atoms with Crippen LogP contribution < -0.4 is 0 Å². The van der Waals surface area contributed by atoms with Crippen molar-refractivity contribution < 1.29 is 0 Å². The van der Waals surface area contributed by atoms with Crippen LogP contribution in [0.1, 0.15) is 97.3 Å². The van der Waals surface area contributed by atoms with E-state index in [2.05, 4.69) is 26.0 Å². The lowest BCUT2D eigenvalue weighted by atomic mass is 9.58. The van der Waals surface area contributed by atoms with Gasteiger partial charge < -0.3 is 0 Å². The predicted octanol–water partition coefficient (Wildman–Crippen LogP) is 7.39. The van der Waals surface area contributed by atoms with Crippen LogP contribution in [0.3, 0.4) is 0 Å². The molecule has 0 saturated heterocycles. The maximum Gasteiger partial charge on any atom is -0.0191 e. The standard InChI is InChI=1S/C24H40/c1-3-5-7-9-11-21-16-20-17-24(21,14-10-8-6-4-2)23-19-13-12-18(15-19)22(20)23/h12-13,18-23H,3-11,14-17H2,1-2H3. The lowest BCUT2D eigenvalue weighted by molar-refractivity contribution is 0.0352. The molecule has 3 saturated carbocycles. The smallest absolute Gasteiger partial charge is 0.0191 e. The second-order valence-electron chi connectivity index (χ2n) is 9.84. The van der Waals surface area contributed by atoms with Gasteiger partial charge in [-0.2, -0.15) is 0 Å². The van der Waals surface area contributed by atoms with E-state index in [1.165, 1.54) is 57.8 Å². The molecule has 0 aromatic carbocycles. The van der Waals surface area contributed by atoms with E-state index in [1.54, 1.807) is 25.7 Å². The summed E-state index contributed by atoms with van der Waals surface area (Å²) < 4.78 is 0. The molecule has 0 heterocycles. The average molecular weight is 329 g/mol. The Labute approximate surface area is 150 Å². The fourth-order valence-electron chi connectivity index (χ4n) is 7.93. The van der Waals surface area contributed by atoms with Crippen molar-refractivity contribution in [2.45, 2.75) is 97.3 Å². The largest absolute Gasteiger partial charge is 0.0848 e. The summed E-state index contributed by atoms with van der Waals surface area (Å²) >= 11 is 0. The van der Waals surface area contributed by atoms with Crippen LogP contribution in [0.5, 0.6) is 0 Å². The minimum atomic E-state index is 0.777. The molecule has 4 aliphatic carbocycles. The number of rotatable bonds is 10. The van der Waals surface area contributed by atoms with E-state index in [1.807, 2.05) is 0 Å². The topological polar surface area (TPSA) is 0 Å². The highest BCUT2D eigenvalue weighted by atomic mass is 14.7. The van der Waals surface area contributed by atoms with E-state index in [0.29, 0.717) is 0 Å². The minimum Gasteiger partial charge on any atom is -0.0848 e. The van der Waals surface area contributed by atoms with Crippen LogP contribution >= 0.6 is 0 Å². The maximum absolute atomic E-state index is 2.65. The first-order valence-electron chi connectivity index (χ1n) is 11.5. The van der Waals surface area contributed by atoms with E-state index in [-0.39, 0.29) is 0 Å². The number of allylic oxidation sites excluding steroid dienone is 2. The van der Waals surface area contributed by atoms with Gasteiger partial charge in [-0.1, -0.05) is 77.4 Å². The van der Waals surface area contributed by atoms with Crippen LogP contribution in [0.15, 0.2) is 12.2 Å². The molecule has 0 aromatic rings. The molecule has 4 aliphatic rings. The van der Waals surface area contributed by atoms with Crippen LogP contribution in [-0.4, -0.2) is 0 Å². The number of hydrogen-bond donors (Lipinski definition) is 0. The Morgan fingerprint density at radius 3 is 2.38 bits per heavy atom. The molecule has 4 bridgehead atoms. The molecule has 3 fully saturated rings. The Hall–Kier alpha value is -0.260. The molecule has 0 nitrogen and oxygen atoms in total. The Balaban J connectivity index is 1.46.